The van der Waals surface area contributed by atoms with Crippen molar-refractivity contribution in [2.24, 2.45) is 11.8 Å². The first kappa shape index (κ1) is 24.8. The Bertz CT molecular complexity index is 1250. The molecule has 1 spiro atoms. The Morgan fingerprint density at radius 3 is 2.81 bits per heavy atom. The van der Waals surface area contributed by atoms with Gasteiger partial charge in [0.25, 0.3) is 6.01 Å². The summed E-state index contributed by atoms with van der Waals surface area (Å²) in [7, 11) is 0. The van der Waals surface area contributed by atoms with Gasteiger partial charge >= 0.3 is 0 Å². The number of fused-ring (bicyclic) bond motifs is 2. The van der Waals surface area contributed by atoms with Crippen molar-refractivity contribution in [2.45, 2.75) is 44.6 Å². The number of β-amino-alcohol motifs (C(OH)–C–C–N with tert-alkyl or cyclic N) is 1. The first-order valence-corrected chi connectivity index (χ1v) is 14.0. The normalized spacial score (nSPS) is 25.3. The van der Waals surface area contributed by atoms with Crippen LogP contribution in [0.15, 0.2) is 53.1 Å². The average molecular weight is 521 g/mol. The number of hydrogen-bond acceptors (Lipinski definition) is 6. The summed E-state index contributed by atoms with van der Waals surface area (Å²) in [6, 6.07) is 15.2. The molecule has 0 saturated carbocycles. The van der Waals surface area contributed by atoms with Crippen LogP contribution in [0.3, 0.4) is 0 Å². The van der Waals surface area contributed by atoms with Crippen molar-refractivity contribution in [3.8, 4) is 11.3 Å². The summed E-state index contributed by atoms with van der Waals surface area (Å²) in [5.74, 6) is 1.58. The molecule has 6 nitrogen and oxygen atoms in total. The van der Waals surface area contributed by atoms with Crippen LogP contribution in [0.1, 0.15) is 37.3 Å². The molecule has 3 atom stereocenters. The number of aliphatic hydroxyl groups excluding tert-OH is 1. The molecule has 2 aromatic carbocycles. The third-order valence-electron chi connectivity index (χ3n) is 9.06. The van der Waals surface area contributed by atoms with Crippen LogP contribution >= 0.6 is 11.6 Å². The molecule has 0 aliphatic carbocycles. The number of oxazole rings is 1. The predicted molar refractivity (Wildman–Crippen MR) is 149 cm³/mol. The van der Waals surface area contributed by atoms with Crippen LogP contribution in [0.5, 0.6) is 0 Å². The van der Waals surface area contributed by atoms with Crippen molar-refractivity contribution in [1.82, 2.24) is 9.88 Å². The summed E-state index contributed by atoms with van der Waals surface area (Å²) < 4.78 is 6.05. The zero-order valence-corrected chi connectivity index (χ0v) is 22.5. The highest BCUT2D eigenvalue weighted by atomic mass is 35.5. The third kappa shape index (κ3) is 4.75. The van der Waals surface area contributed by atoms with Crippen LogP contribution in [0.2, 0.25) is 5.02 Å². The van der Waals surface area contributed by atoms with E-state index in [0.717, 1.165) is 69.9 Å². The lowest BCUT2D eigenvalue weighted by molar-refractivity contribution is 0.0242. The highest BCUT2D eigenvalue weighted by Gasteiger charge is 2.46. The molecule has 3 aliphatic rings. The molecule has 196 valence electrons. The van der Waals surface area contributed by atoms with Crippen molar-refractivity contribution in [3.05, 3.63) is 64.8 Å². The summed E-state index contributed by atoms with van der Waals surface area (Å²) in [5.41, 5.74) is 5.27. The van der Waals surface area contributed by atoms with Gasteiger partial charge in [-0.3, -0.25) is 0 Å². The summed E-state index contributed by atoms with van der Waals surface area (Å²) in [6.45, 7) is 10.1. The number of nitrogens with one attached hydrogen (secondary N) is 1. The van der Waals surface area contributed by atoms with E-state index in [9.17, 15) is 5.11 Å². The second kappa shape index (κ2) is 9.97. The molecule has 1 aromatic heterocycles. The Morgan fingerprint density at radius 2 is 2.03 bits per heavy atom. The van der Waals surface area contributed by atoms with Crippen molar-refractivity contribution in [2.75, 3.05) is 49.5 Å². The number of aryl methyl sites for hydroxylation is 1. The lowest BCUT2D eigenvalue weighted by Crippen LogP contribution is -2.52. The highest BCUT2D eigenvalue weighted by molar-refractivity contribution is 6.30. The molecule has 0 bridgehead atoms. The van der Waals surface area contributed by atoms with Crippen molar-refractivity contribution < 1.29 is 9.52 Å². The Labute approximate surface area is 224 Å². The molecule has 6 rings (SSSR count). The van der Waals surface area contributed by atoms with Gasteiger partial charge in [-0.05, 0) is 73.9 Å². The van der Waals surface area contributed by atoms with E-state index in [1.807, 2.05) is 24.3 Å². The Hall–Kier alpha value is -2.54. The first-order chi connectivity index (χ1) is 17.9. The number of likely N-dealkylation sites (tertiary alicyclic amines) is 1. The van der Waals surface area contributed by atoms with Gasteiger partial charge in [-0.25, -0.2) is 4.98 Å². The van der Waals surface area contributed by atoms with Gasteiger partial charge in [0.15, 0.2) is 5.76 Å². The first-order valence-electron chi connectivity index (χ1n) is 13.6. The van der Waals surface area contributed by atoms with Gasteiger partial charge in [0, 0.05) is 54.4 Å². The minimum atomic E-state index is -0.299. The molecule has 0 amide bonds. The molecule has 3 aromatic rings. The number of aliphatic hydroxyl groups is 1. The number of hydrogen-bond donors (Lipinski definition) is 2. The Balaban J connectivity index is 1.02. The second-order valence-corrected chi connectivity index (χ2v) is 11.8. The van der Waals surface area contributed by atoms with Gasteiger partial charge in [-0.15, -0.1) is 0 Å². The largest absolute Gasteiger partial charge is 0.423 e. The monoisotopic (exact) mass is 520 g/mol. The van der Waals surface area contributed by atoms with Crippen LogP contribution in [-0.2, 0) is 5.41 Å². The van der Waals surface area contributed by atoms with Crippen molar-refractivity contribution in [1.29, 1.82) is 0 Å². The summed E-state index contributed by atoms with van der Waals surface area (Å²) in [6.07, 6.45) is 4.50. The number of halogens is 1. The summed E-state index contributed by atoms with van der Waals surface area (Å²) >= 11 is 6.13. The van der Waals surface area contributed by atoms with Gasteiger partial charge < -0.3 is 24.6 Å². The SMILES string of the molecule is Cc1ccc2c(c1)NCC21CCN(CC(O)C2CCN(c3ncc(-c4cccc(Cl)c4)o3)CC2)C[C@H]1C. The van der Waals surface area contributed by atoms with Gasteiger partial charge in [-0.2, -0.15) is 0 Å². The standard InChI is InChI=1S/C30H37ClN4O2/c1-20-6-7-25-26(14-20)33-19-30(25)10-13-34(17-21(30)2)18-27(36)22-8-11-35(12-9-22)29-32-16-28(37-29)23-4-3-5-24(31)15-23/h3-7,14-16,21-22,27,33,36H,8-13,17-19H2,1-2H3/t21-,27?,30?/m1/s1. The topological polar surface area (TPSA) is 64.8 Å². The smallest absolute Gasteiger partial charge is 0.297 e. The van der Waals surface area contributed by atoms with Crippen molar-refractivity contribution in [3.63, 3.8) is 0 Å². The molecule has 3 aliphatic heterocycles. The number of nitrogens with zero attached hydrogens (tertiary/aromatic N) is 3. The molecule has 7 heteroatoms. The zero-order valence-electron chi connectivity index (χ0n) is 21.8. The predicted octanol–water partition coefficient (Wildman–Crippen LogP) is 5.59. The summed E-state index contributed by atoms with van der Waals surface area (Å²) in [4.78, 5) is 9.19. The van der Waals surface area contributed by atoms with E-state index in [1.165, 1.54) is 16.8 Å². The van der Waals surface area contributed by atoms with E-state index >= 15 is 0 Å². The Kier molecular flexibility index (Phi) is 6.68. The van der Waals surface area contributed by atoms with Crippen LogP contribution in [0.25, 0.3) is 11.3 Å². The highest BCUT2D eigenvalue weighted by Crippen LogP contribution is 2.47. The number of anilines is 2. The van der Waals surface area contributed by atoms with Crippen molar-refractivity contribution >= 4 is 23.3 Å². The lowest BCUT2D eigenvalue weighted by Gasteiger charge is -2.46. The van der Waals surface area contributed by atoms with Crippen LogP contribution in [0.4, 0.5) is 11.7 Å². The fraction of sp³-hybridized carbons (Fsp3) is 0.500. The lowest BCUT2D eigenvalue weighted by atomic mass is 9.67. The molecule has 0 radical (unpaired) electrons. The van der Waals surface area contributed by atoms with Gasteiger partial charge in [-0.1, -0.05) is 42.8 Å². The quantitative estimate of drug-likeness (QED) is 0.457. The molecule has 2 fully saturated rings. The minimum Gasteiger partial charge on any atom is -0.423 e. The molecule has 2 saturated heterocycles. The molecular weight excluding hydrogens is 484 g/mol. The molecular formula is C30H37ClN4O2. The van der Waals surface area contributed by atoms with E-state index in [2.05, 4.69) is 52.1 Å². The van der Waals surface area contributed by atoms with Crippen LogP contribution in [0, 0.1) is 18.8 Å². The van der Waals surface area contributed by atoms with Gasteiger partial charge in [0.05, 0.1) is 12.3 Å². The fourth-order valence-electron chi connectivity index (χ4n) is 6.75. The maximum absolute atomic E-state index is 11.2. The molecule has 2 N–H and O–H groups in total. The number of benzene rings is 2. The average Bonchev–Trinajstić information content (AvgIpc) is 3.53. The van der Waals surface area contributed by atoms with E-state index in [0.29, 0.717) is 22.9 Å². The molecule has 4 heterocycles. The fourth-order valence-corrected chi connectivity index (χ4v) is 6.94. The molecule has 2 unspecified atom stereocenters. The second-order valence-electron chi connectivity index (χ2n) is 11.4. The molecule has 37 heavy (non-hydrogen) atoms. The number of aromatic nitrogens is 1. The maximum atomic E-state index is 11.2. The number of rotatable bonds is 5. The Morgan fingerprint density at radius 1 is 1.19 bits per heavy atom. The third-order valence-corrected chi connectivity index (χ3v) is 9.29. The maximum Gasteiger partial charge on any atom is 0.297 e. The van der Waals surface area contributed by atoms with E-state index in [-0.39, 0.29) is 11.5 Å². The summed E-state index contributed by atoms with van der Waals surface area (Å²) in [5, 5.41) is 15.5. The van der Waals surface area contributed by atoms with Crippen LogP contribution < -0.4 is 10.2 Å². The van der Waals surface area contributed by atoms with Gasteiger partial charge in [0.1, 0.15) is 0 Å². The van der Waals surface area contributed by atoms with Gasteiger partial charge in [0.2, 0.25) is 0 Å². The zero-order chi connectivity index (χ0) is 25.6. The van der Waals surface area contributed by atoms with E-state index in [4.69, 9.17) is 16.0 Å². The van der Waals surface area contributed by atoms with E-state index in [1.54, 1.807) is 6.20 Å². The van der Waals surface area contributed by atoms with E-state index < -0.39 is 0 Å². The number of piperidine rings is 2. The minimum absolute atomic E-state index is 0.218. The van der Waals surface area contributed by atoms with Crippen LogP contribution in [-0.4, -0.2) is 60.4 Å².